The molecule has 0 heterocycles. The summed E-state index contributed by atoms with van der Waals surface area (Å²) in [5.41, 5.74) is 0. The van der Waals surface area contributed by atoms with Crippen molar-refractivity contribution in [1.29, 1.82) is 0 Å². The van der Waals surface area contributed by atoms with Gasteiger partial charge in [0, 0.05) is 11.9 Å². The molecule has 4 nitrogen and oxygen atoms in total. The fourth-order valence-corrected chi connectivity index (χ4v) is 4.32. The number of rotatable bonds is 18. The van der Waals surface area contributed by atoms with Gasteiger partial charge in [-0.15, -0.1) is 0 Å². The van der Waals surface area contributed by atoms with Gasteiger partial charge in [0.2, 0.25) is 0 Å². The van der Waals surface area contributed by atoms with Gasteiger partial charge in [0.15, 0.2) is 0 Å². The molecule has 1 saturated carbocycles. The summed E-state index contributed by atoms with van der Waals surface area (Å²) in [6.07, 6.45) is 25.1. The van der Waals surface area contributed by atoms with E-state index in [1.807, 2.05) is 0 Å². The van der Waals surface area contributed by atoms with Crippen LogP contribution in [0.5, 0.6) is 0 Å². The summed E-state index contributed by atoms with van der Waals surface area (Å²) in [5, 5.41) is 11.2. The third kappa shape index (κ3) is 16.0. The van der Waals surface area contributed by atoms with E-state index in [2.05, 4.69) is 19.1 Å². The van der Waals surface area contributed by atoms with Gasteiger partial charge >= 0.3 is 35.5 Å². The van der Waals surface area contributed by atoms with Crippen LogP contribution in [0.15, 0.2) is 12.2 Å². The number of unbranched alkanes of at least 4 members (excludes halogenated alkanes) is 12. The van der Waals surface area contributed by atoms with E-state index in [4.69, 9.17) is 4.74 Å². The van der Waals surface area contributed by atoms with E-state index in [0.29, 0.717) is 19.4 Å². The third-order valence-corrected chi connectivity index (χ3v) is 6.27. The van der Waals surface area contributed by atoms with Crippen molar-refractivity contribution >= 4 is 11.9 Å². The van der Waals surface area contributed by atoms with Crippen LogP contribution >= 0.6 is 0 Å². The van der Waals surface area contributed by atoms with Gasteiger partial charge in [-0.2, -0.15) is 0 Å². The molecule has 0 N–H and O–H groups in total. The Morgan fingerprint density at radius 2 is 1.26 bits per heavy atom. The molecule has 5 heteroatoms. The molecule has 1 fully saturated rings. The molecule has 31 heavy (non-hydrogen) atoms. The summed E-state index contributed by atoms with van der Waals surface area (Å²) in [4.78, 5) is 23.3. The number of allylic oxidation sites excluding steroid dienone is 2. The second-order valence-electron chi connectivity index (χ2n) is 8.92. The Labute approximate surface area is 213 Å². The Bertz CT molecular complexity index is 478. The summed E-state index contributed by atoms with van der Waals surface area (Å²) in [6.45, 7) is 2.67. The van der Waals surface area contributed by atoms with E-state index in [-0.39, 0.29) is 35.5 Å². The molecule has 0 amide bonds. The normalized spacial score (nSPS) is 18.6. The minimum atomic E-state index is -1.10. The first kappa shape index (κ1) is 30.7. The van der Waals surface area contributed by atoms with Crippen LogP contribution in [0, 0.1) is 11.8 Å². The van der Waals surface area contributed by atoms with E-state index in [1.54, 1.807) is 0 Å². The number of hydrogen-bond donors (Lipinski definition) is 0. The SMILES string of the molecule is CCCCCCCCC/C=C/CCCCCCCOC(=O)C1CCCCC1C(=O)[O-].[Na+]. The van der Waals surface area contributed by atoms with Gasteiger partial charge in [-0.25, -0.2) is 0 Å². The van der Waals surface area contributed by atoms with Crippen molar-refractivity contribution in [2.75, 3.05) is 6.61 Å². The smallest absolute Gasteiger partial charge is 0.550 e. The number of carbonyl (C=O) groups excluding carboxylic acids is 2. The zero-order valence-corrected chi connectivity index (χ0v) is 22.4. The first-order valence-corrected chi connectivity index (χ1v) is 12.7. The number of esters is 1. The van der Waals surface area contributed by atoms with Gasteiger partial charge in [0.1, 0.15) is 0 Å². The van der Waals surface area contributed by atoms with Crippen molar-refractivity contribution in [3.8, 4) is 0 Å². The molecule has 0 aromatic rings. The molecular weight excluding hydrogens is 399 g/mol. The van der Waals surface area contributed by atoms with Crippen LogP contribution in [0.1, 0.15) is 122 Å². The minimum Gasteiger partial charge on any atom is -0.550 e. The van der Waals surface area contributed by atoms with Crippen LogP contribution in [0.25, 0.3) is 0 Å². The predicted molar refractivity (Wildman–Crippen MR) is 121 cm³/mol. The Morgan fingerprint density at radius 3 is 1.81 bits per heavy atom. The third-order valence-electron chi connectivity index (χ3n) is 6.27. The summed E-state index contributed by atoms with van der Waals surface area (Å²) in [7, 11) is 0. The van der Waals surface area contributed by atoms with Crippen LogP contribution in [0.4, 0.5) is 0 Å². The molecule has 2 unspecified atom stereocenters. The number of aliphatic carboxylic acids is 1. The first-order valence-electron chi connectivity index (χ1n) is 12.7. The molecule has 0 bridgehead atoms. The second kappa shape index (κ2) is 21.5. The Morgan fingerprint density at radius 1 is 0.774 bits per heavy atom. The quantitative estimate of drug-likeness (QED) is 0.141. The second-order valence-corrected chi connectivity index (χ2v) is 8.92. The number of carbonyl (C=O) groups is 2. The standard InChI is InChI=1S/C26H46O4.Na/c1-2-3-4-5-6-7-8-9-10-11-12-13-14-15-16-19-22-30-26(29)24-21-18-17-20-23(24)25(27)28;/h10-11,23-24H,2-9,12-22H2,1H3,(H,27,28);/q;+1/p-1/b11-10+;. The zero-order valence-electron chi connectivity index (χ0n) is 20.4. The summed E-state index contributed by atoms with van der Waals surface area (Å²) in [6, 6.07) is 0. The van der Waals surface area contributed by atoms with Crippen LogP contribution in [0.2, 0.25) is 0 Å². The molecule has 2 atom stereocenters. The summed E-state index contributed by atoms with van der Waals surface area (Å²) < 4.78 is 5.34. The number of ether oxygens (including phenoxy) is 1. The molecule has 0 aromatic carbocycles. The molecule has 0 spiro atoms. The molecular formula is C26H45NaO4. The van der Waals surface area contributed by atoms with Gasteiger partial charge in [-0.3, -0.25) is 4.79 Å². The molecule has 1 aliphatic carbocycles. The fourth-order valence-electron chi connectivity index (χ4n) is 4.32. The van der Waals surface area contributed by atoms with E-state index >= 15 is 0 Å². The van der Waals surface area contributed by atoms with Gasteiger partial charge in [-0.1, -0.05) is 89.7 Å². The van der Waals surface area contributed by atoms with Crippen LogP contribution < -0.4 is 34.7 Å². The average molecular weight is 445 g/mol. The van der Waals surface area contributed by atoms with E-state index in [0.717, 1.165) is 38.5 Å². The van der Waals surface area contributed by atoms with E-state index < -0.39 is 17.8 Å². The fraction of sp³-hybridized carbons (Fsp3) is 0.846. The van der Waals surface area contributed by atoms with Crippen LogP contribution in [-0.2, 0) is 14.3 Å². The van der Waals surface area contributed by atoms with Gasteiger partial charge in [0.05, 0.1) is 12.5 Å². The summed E-state index contributed by atoms with van der Waals surface area (Å²) in [5.74, 6) is -2.61. The Balaban J connectivity index is 0.00000900. The first-order chi connectivity index (χ1) is 14.7. The van der Waals surface area contributed by atoms with E-state index in [1.165, 1.54) is 64.2 Å². The van der Waals surface area contributed by atoms with Gasteiger partial charge in [-0.05, 0) is 44.9 Å². The number of carboxylic acids is 1. The Kier molecular flexibility index (Phi) is 21.3. The van der Waals surface area contributed by atoms with Gasteiger partial charge < -0.3 is 14.6 Å². The number of carboxylic acid groups (broad SMARTS) is 1. The van der Waals surface area contributed by atoms with Crippen molar-refractivity contribution in [3.05, 3.63) is 12.2 Å². The molecule has 0 saturated heterocycles. The van der Waals surface area contributed by atoms with Crippen LogP contribution in [0.3, 0.4) is 0 Å². The van der Waals surface area contributed by atoms with Crippen LogP contribution in [-0.4, -0.2) is 18.5 Å². The molecule has 1 aliphatic rings. The number of hydrogen-bond acceptors (Lipinski definition) is 4. The minimum absolute atomic E-state index is 0. The average Bonchev–Trinajstić information content (AvgIpc) is 2.75. The van der Waals surface area contributed by atoms with Crippen molar-refractivity contribution in [2.45, 2.75) is 122 Å². The topological polar surface area (TPSA) is 66.4 Å². The zero-order chi connectivity index (χ0) is 21.9. The van der Waals surface area contributed by atoms with Crippen molar-refractivity contribution in [3.63, 3.8) is 0 Å². The molecule has 1 rings (SSSR count). The molecule has 0 aromatic heterocycles. The molecule has 0 aliphatic heterocycles. The molecule has 174 valence electrons. The maximum absolute atomic E-state index is 12.2. The monoisotopic (exact) mass is 444 g/mol. The van der Waals surface area contributed by atoms with Crippen molar-refractivity contribution in [1.82, 2.24) is 0 Å². The summed E-state index contributed by atoms with van der Waals surface area (Å²) >= 11 is 0. The molecule has 0 radical (unpaired) electrons. The van der Waals surface area contributed by atoms with Crippen molar-refractivity contribution in [2.24, 2.45) is 11.8 Å². The van der Waals surface area contributed by atoms with Gasteiger partial charge in [0.25, 0.3) is 0 Å². The van der Waals surface area contributed by atoms with E-state index in [9.17, 15) is 14.7 Å². The Hall–Kier alpha value is -0.320. The van der Waals surface area contributed by atoms with Crippen molar-refractivity contribution < 1.29 is 49.0 Å². The maximum atomic E-state index is 12.2. The maximum Gasteiger partial charge on any atom is 1.00 e. The predicted octanol–water partition coefficient (Wildman–Crippen LogP) is 3.13. The largest absolute Gasteiger partial charge is 1.00 e.